The first-order valence-corrected chi connectivity index (χ1v) is 5.91. The van der Waals surface area contributed by atoms with Crippen LogP contribution in [0.15, 0.2) is 35.3 Å². The van der Waals surface area contributed by atoms with Crippen LogP contribution in [0, 0.1) is 0 Å². The van der Waals surface area contributed by atoms with Gasteiger partial charge in [0, 0.05) is 22.3 Å². The molecule has 98 valence electrons. The predicted molar refractivity (Wildman–Crippen MR) is 71.2 cm³/mol. The molecule has 0 aliphatic heterocycles. The first-order valence-electron chi connectivity index (χ1n) is 5.16. The molecule has 2 aromatic rings. The molecule has 1 aromatic heterocycles. The van der Waals surface area contributed by atoms with E-state index in [4.69, 9.17) is 23.2 Å². The Morgan fingerprint density at radius 3 is 2.47 bits per heavy atom. The SMILES string of the molecule is COC(=O)c1nn(-c2cc(Cl)cc(Cl)c2)ccc1=O. The molecule has 0 amide bonds. The predicted octanol–water partition coefficient (Wildman–Crippen LogP) is 2.33. The second-order valence-electron chi connectivity index (χ2n) is 3.59. The number of methoxy groups -OCH3 is 1. The zero-order valence-electron chi connectivity index (χ0n) is 9.76. The molecule has 0 radical (unpaired) electrons. The molecule has 0 bridgehead atoms. The molecule has 0 saturated carbocycles. The van der Waals surface area contributed by atoms with E-state index >= 15 is 0 Å². The molecular formula is C12H8Cl2N2O3. The third-order valence-electron chi connectivity index (χ3n) is 2.30. The molecule has 0 spiro atoms. The Bertz CT molecular complexity index is 677. The van der Waals surface area contributed by atoms with Gasteiger partial charge in [-0.25, -0.2) is 9.48 Å². The van der Waals surface area contributed by atoms with E-state index in [1.807, 2.05) is 0 Å². The number of ether oxygens (including phenoxy) is 1. The number of carbonyl (C=O) groups excluding carboxylic acids is 1. The van der Waals surface area contributed by atoms with Gasteiger partial charge in [0.25, 0.3) is 0 Å². The average molecular weight is 299 g/mol. The Kier molecular flexibility index (Phi) is 3.87. The lowest BCUT2D eigenvalue weighted by atomic mass is 10.3. The molecule has 0 fully saturated rings. The van der Waals surface area contributed by atoms with Gasteiger partial charge >= 0.3 is 5.97 Å². The summed E-state index contributed by atoms with van der Waals surface area (Å²) in [5.41, 5.74) is -0.292. The maximum atomic E-state index is 11.5. The van der Waals surface area contributed by atoms with Gasteiger partial charge in [-0.3, -0.25) is 4.79 Å². The monoisotopic (exact) mass is 298 g/mol. The number of benzene rings is 1. The fraction of sp³-hybridized carbons (Fsp3) is 0.0833. The molecule has 0 unspecified atom stereocenters. The molecule has 0 atom stereocenters. The van der Waals surface area contributed by atoms with Crippen LogP contribution in [0.5, 0.6) is 0 Å². The minimum absolute atomic E-state index is 0.305. The largest absolute Gasteiger partial charge is 0.464 e. The quantitative estimate of drug-likeness (QED) is 0.798. The maximum Gasteiger partial charge on any atom is 0.362 e. The summed E-state index contributed by atoms with van der Waals surface area (Å²) in [6, 6.07) is 5.99. The Morgan fingerprint density at radius 2 is 1.89 bits per heavy atom. The number of hydrogen-bond acceptors (Lipinski definition) is 4. The van der Waals surface area contributed by atoms with E-state index in [1.165, 1.54) is 24.1 Å². The lowest BCUT2D eigenvalue weighted by Crippen LogP contribution is -2.21. The van der Waals surface area contributed by atoms with Crippen molar-refractivity contribution in [2.24, 2.45) is 0 Å². The lowest BCUT2D eigenvalue weighted by molar-refractivity contribution is 0.0590. The number of carbonyl (C=O) groups is 1. The van der Waals surface area contributed by atoms with Gasteiger partial charge in [0.05, 0.1) is 12.8 Å². The number of esters is 1. The van der Waals surface area contributed by atoms with Crippen LogP contribution in [-0.2, 0) is 4.74 Å². The summed E-state index contributed by atoms with van der Waals surface area (Å²) in [6.07, 6.45) is 1.41. The summed E-state index contributed by atoms with van der Waals surface area (Å²) < 4.78 is 5.81. The topological polar surface area (TPSA) is 61.2 Å². The number of rotatable bonds is 2. The molecular weight excluding hydrogens is 291 g/mol. The summed E-state index contributed by atoms with van der Waals surface area (Å²) in [6.45, 7) is 0. The molecule has 5 nitrogen and oxygen atoms in total. The van der Waals surface area contributed by atoms with Crippen molar-refractivity contribution < 1.29 is 9.53 Å². The minimum atomic E-state index is -0.799. The van der Waals surface area contributed by atoms with E-state index in [0.29, 0.717) is 15.7 Å². The van der Waals surface area contributed by atoms with Gasteiger partial charge in [0.1, 0.15) is 0 Å². The normalized spacial score (nSPS) is 10.3. The van der Waals surface area contributed by atoms with E-state index < -0.39 is 11.4 Å². The van der Waals surface area contributed by atoms with Crippen molar-refractivity contribution in [3.63, 3.8) is 0 Å². The lowest BCUT2D eigenvalue weighted by Gasteiger charge is -2.07. The zero-order chi connectivity index (χ0) is 14.0. The van der Waals surface area contributed by atoms with Crippen LogP contribution >= 0.6 is 23.2 Å². The van der Waals surface area contributed by atoms with E-state index in [-0.39, 0.29) is 5.69 Å². The van der Waals surface area contributed by atoms with Crippen molar-refractivity contribution >= 4 is 29.2 Å². The van der Waals surface area contributed by atoms with Gasteiger partial charge in [-0.1, -0.05) is 23.2 Å². The fourth-order valence-electron chi connectivity index (χ4n) is 1.46. The second kappa shape index (κ2) is 5.42. The molecule has 7 heteroatoms. The molecule has 0 aliphatic rings. The summed E-state index contributed by atoms with van der Waals surface area (Å²) >= 11 is 11.8. The number of nitrogens with zero attached hydrogens (tertiary/aromatic N) is 2. The smallest absolute Gasteiger partial charge is 0.362 e. The fourth-order valence-corrected chi connectivity index (χ4v) is 1.98. The van der Waals surface area contributed by atoms with Gasteiger partial charge in [-0.2, -0.15) is 5.10 Å². The number of halogens is 2. The first kappa shape index (κ1) is 13.6. The molecule has 1 heterocycles. The van der Waals surface area contributed by atoms with Crippen LogP contribution in [0.2, 0.25) is 10.0 Å². The standard InChI is InChI=1S/C12H8Cl2N2O3/c1-19-12(18)11-10(17)2-3-16(15-11)9-5-7(13)4-8(14)6-9/h2-6H,1H3. The van der Waals surface area contributed by atoms with Gasteiger partial charge in [0.2, 0.25) is 11.1 Å². The van der Waals surface area contributed by atoms with E-state index in [0.717, 1.165) is 0 Å². The highest BCUT2D eigenvalue weighted by atomic mass is 35.5. The van der Waals surface area contributed by atoms with E-state index in [1.54, 1.807) is 18.2 Å². The highest BCUT2D eigenvalue weighted by Gasteiger charge is 2.13. The summed E-state index contributed by atoms with van der Waals surface area (Å²) in [5.74, 6) is -0.799. The van der Waals surface area contributed by atoms with Crippen LogP contribution < -0.4 is 5.43 Å². The summed E-state index contributed by atoms with van der Waals surface area (Å²) in [5, 5.41) is 4.75. The highest BCUT2D eigenvalue weighted by Crippen LogP contribution is 2.20. The van der Waals surface area contributed by atoms with Gasteiger partial charge in [-0.05, 0) is 18.2 Å². The Balaban J connectivity index is 2.57. The van der Waals surface area contributed by atoms with Crippen molar-refractivity contribution in [1.82, 2.24) is 9.78 Å². The number of aromatic nitrogens is 2. The van der Waals surface area contributed by atoms with Crippen molar-refractivity contribution in [2.45, 2.75) is 0 Å². The third kappa shape index (κ3) is 2.94. The van der Waals surface area contributed by atoms with E-state index in [2.05, 4.69) is 9.84 Å². The van der Waals surface area contributed by atoms with Crippen LogP contribution in [0.25, 0.3) is 5.69 Å². The van der Waals surface area contributed by atoms with Crippen molar-refractivity contribution in [1.29, 1.82) is 0 Å². The Hall–Kier alpha value is -1.85. The second-order valence-corrected chi connectivity index (χ2v) is 4.47. The van der Waals surface area contributed by atoms with Gasteiger partial charge in [0.15, 0.2) is 0 Å². The molecule has 19 heavy (non-hydrogen) atoms. The Morgan fingerprint density at radius 1 is 1.26 bits per heavy atom. The van der Waals surface area contributed by atoms with E-state index in [9.17, 15) is 9.59 Å². The van der Waals surface area contributed by atoms with Gasteiger partial charge in [-0.15, -0.1) is 0 Å². The van der Waals surface area contributed by atoms with Crippen LogP contribution in [0.3, 0.4) is 0 Å². The first-order chi connectivity index (χ1) is 9.01. The van der Waals surface area contributed by atoms with Gasteiger partial charge < -0.3 is 4.74 Å². The zero-order valence-corrected chi connectivity index (χ0v) is 11.3. The van der Waals surface area contributed by atoms with Crippen molar-refractivity contribution in [3.8, 4) is 5.69 Å². The van der Waals surface area contributed by atoms with Crippen molar-refractivity contribution in [2.75, 3.05) is 7.11 Å². The molecule has 1 aromatic carbocycles. The summed E-state index contributed by atoms with van der Waals surface area (Å²) in [7, 11) is 1.18. The average Bonchev–Trinajstić information content (AvgIpc) is 2.37. The molecule has 0 saturated heterocycles. The summed E-state index contributed by atoms with van der Waals surface area (Å²) in [4.78, 5) is 22.9. The van der Waals surface area contributed by atoms with Crippen LogP contribution in [0.4, 0.5) is 0 Å². The molecule has 0 N–H and O–H groups in total. The minimum Gasteiger partial charge on any atom is -0.464 e. The van der Waals surface area contributed by atoms with Crippen molar-refractivity contribution in [3.05, 3.63) is 56.4 Å². The van der Waals surface area contributed by atoms with Crippen LogP contribution in [-0.4, -0.2) is 22.9 Å². The highest BCUT2D eigenvalue weighted by molar-refractivity contribution is 6.34. The molecule has 2 rings (SSSR count). The Labute approximate surface area is 118 Å². The third-order valence-corrected chi connectivity index (χ3v) is 2.74. The molecule has 0 aliphatic carbocycles. The number of hydrogen-bond donors (Lipinski definition) is 0. The maximum absolute atomic E-state index is 11.5. The van der Waals surface area contributed by atoms with Crippen LogP contribution in [0.1, 0.15) is 10.5 Å².